The van der Waals surface area contributed by atoms with E-state index < -0.39 is 36.9 Å². The number of amides is 1. The van der Waals surface area contributed by atoms with Gasteiger partial charge in [0.15, 0.2) is 0 Å². The highest BCUT2D eigenvalue weighted by Gasteiger charge is 2.38. The number of aromatic nitrogens is 2. The second kappa shape index (κ2) is 11.0. The maximum absolute atomic E-state index is 14.0. The van der Waals surface area contributed by atoms with Crippen molar-refractivity contribution in [1.82, 2.24) is 14.9 Å². The fourth-order valence-corrected chi connectivity index (χ4v) is 6.24. The molecular formula is C28H31F3N5O5P. The van der Waals surface area contributed by atoms with E-state index in [1.165, 1.54) is 29.2 Å². The summed E-state index contributed by atoms with van der Waals surface area (Å²) in [6, 6.07) is 9.40. The van der Waals surface area contributed by atoms with E-state index in [4.69, 9.17) is 9.79 Å². The van der Waals surface area contributed by atoms with Crippen LogP contribution in [0.4, 0.5) is 36.3 Å². The van der Waals surface area contributed by atoms with Gasteiger partial charge in [0.25, 0.3) is 5.91 Å². The van der Waals surface area contributed by atoms with Crippen LogP contribution in [0, 0.1) is 0 Å². The van der Waals surface area contributed by atoms with Crippen LogP contribution in [-0.2, 0) is 23.4 Å². The Balaban J connectivity index is 1.46. The summed E-state index contributed by atoms with van der Waals surface area (Å²) in [5, 5.41) is 15.9. The van der Waals surface area contributed by atoms with Crippen LogP contribution in [0.25, 0.3) is 0 Å². The van der Waals surface area contributed by atoms with E-state index in [9.17, 15) is 27.6 Å². The van der Waals surface area contributed by atoms with Crippen LogP contribution in [0.3, 0.4) is 0 Å². The highest BCUT2D eigenvalue weighted by atomic mass is 31.2. The number of rotatable bonds is 7. The molecule has 0 atom stereocenters. The topological polar surface area (TPSA) is 148 Å². The van der Waals surface area contributed by atoms with Crippen LogP contribution in [-0.4, -0.2) is 48.3 Å². The van der Waals surface area contributed by atoms with Gasteiger partial charge >= 0.3 is 13.8 Å². The molecule has 5 rings (SSSR count). The van der Waals surface area contributed by atoms with Crippen LogP contribution in [0.15, 0.2) is 42.6 Å². The minimum absolute atomic E-state index is 0.126. The van der Waals surface area contributed by atoms with Crippen molar-refractivity contribution in [3.63, 3.8) is 0 Å². The number of alkyl halides is 3. The summed E-state index contributed by atoms with van der Waals surface area (Å²) in [4.78, 5) is 40.9. The smallest absolute Gasteiger partial charge is 0.390 e. The van der Waals surface area contributed by atoms with E-state index in [-0.39, 0.29) is 23.5 Å². The van der Waals surface area contributed by atoms with Gasteiger partial charge in [-0.25, -0.2) is 4.98 Å². The van der Waals surface area contributed by atoms with E-state index in [2.05, 4.69) is 20.6 Å². The SMILES string of the molecule is CN1Cc2c(c(Nc3nc(Nc4ccc(CP(=O)(O)O)cc4)ncc3C(F)(F)F)ccc2[C@H]2CC[C@](C)(O)CC2)C1=O. The lowest BCUT2D eigenvalue weighted by Gasteiger charge is -2.34. The largest absolute Gasteiger partial charge is 0.421 e. The molecule has 1 aliphatic heterocycles. The number of carbonyl (C=O) groups excluding carboxylic acids is 1. The van der Waals surface area contributed by atoms with Gasteiger partial charge in [0.05, 0.1) is 23.0 Å². The maximum Gasteiger partial charge on any atom is 0.421 e. The summed E-state index contributed by atoms with van der Waals surface area (Å²) >= 11 is 0. The van der Waals surface area contributed by atoms with Gasteiger partial charge in [-0.1, -0.05) is 18.2 Å². The van der Waals surface area contributed by atoms with Gasteiger partial charge in [-0.05, 0) is 73.4 Å². The van der Waals surface area contributed by atoms with Gasteiger partial charge < -0.3 is 30.4 Å². The Bertz CT molecular complexity index is 1550. The number of nitrogens with one attached hydrogen (secondary N) is 2. The minimum Gasteiger partial charge on any atom is -0.390 e. The quantitative estimate of drug-likeness (QED) is 0.215. The molecule has 14 heteroatoms. The molecule has 42 heavy (non-hydrogen) atoms. The van der Waals surface area contributed by atoms with Gasteiger partial charge in [0, 0.05) is 25.5 Å². The molecule has 0 unspecified atom stereocenters. The lowest BCUT2D eigenvalue weighted by atomic mass is 9.75. The third-order valence-corrected chi connectivity index (χ3v) is 8.53. The van der Waals surface area contributed by atoms with Crippen molar-refractivity contribution in [2.45, 2.75) is 63.0 Å². The van der Waals surface area contributed by atoms with Crippen molar-refractivity contribution in [3.05, 3.63) is 70.4 Å². The normalized spacial score (nSPS) is 20.9. The average molecular weight is 606 g/mol. The number of aliphatic hydroxyl groups is 1. The molecule has 1 aromatic heterocycles. The fourth-order valence-electron chi connectivity index (χ4n) is 5.55. The molecule has 5 N–H and O–H groups in total. The van der Waals surface area contributed by atoms with E-state index in [1.54, 1.807) is 13.1 Å². The zero-order chi connectivity index (χ0) is 30.4. The highest BCUT2D eigenvalue weighted by Crippen LogP contribution is 2.44. The summed E-state index contributed by atoms with van der Waals surface area (Å²) < 4.78 is 53.2. The number of nitrogens with zero attached hydrogens (tertiary/aromatic N) is 3. The minimum atomic E-state index is -4.78. The van der Waals surface area contributed by atoms with Crippen molar-refractivity contribution in [2.24, 2.45) is 0 Å². The average Bonchev–Trinajstić information content (AvgIpc) is 3.19. The Morgan fingerprint density at radius 1 is 1.10 bits per heavy atom. The molecule has 2 aliphatic rings. The Labute approximate surface area is 240 Å². The number of benzene rings is 2. The van der Waals surface area contributed by atoms with Gasteiger partial charge in [-0.2, -0.15) is 18.2 Å². The predicted molar refractivity (Wildman–Crippen MR) is 150 cm³/mol. The van der Waals surface area contributed by atoms with E-state index in [1.807, 2.05) is 13.0 Å². The Kier molecular flexibility index (Phi) is 7.82. The fraction of sp³-hybridized carbons (Fsp3) is 0.393. The summed E-state index contributed by atoms with van der Waals surface area (Å²) in [7, 11) is -2.62. The van der Waals surface area contributed by atoms with Crippen molar-refractivity contribution >= 4 is 36.6 Å². The summed E-state index contributed by atoms with van der Waals surface area (Å²) in [5.74, 6) is -0.877. The molecule has 1 amide bonds. The Morgan fingerprint density at radius 2 is 1.76 bits per heavy atom. The molecule has 224 valence electrons. The van der Waals surface area contributed by atoms with Crippen molar-refractivity contribution in [3.8, 4) is 0 Å². The zero-order valence-electron chi connectivity index (χ0n) is 22.9. The number of fused-ring (bicyclic) bond motifs is 1. The molecular weight excluding hydrogens is 574 g/mol. The van der Waals surface area contributed by atoms with E-state index in [0.29, 0.717) is 42.4 Å². The zero-order valence-corrected chi connectivity index (χ0v) is 23.8. The molecule has 0 bridgehead atoms. The summed E-state index contributed by atoms with van der Waals surface area (Å²) in [6.07, 6.45) is -1.86. The Morgan fingerprint density at radius 3 is 2.38 bits per heavy atom. The molecule has 1 aliphatic carbocycles. The van der Waals surface area contributed by atoms with Crippen LogP contribution in [0.2, 0.25) is 0 Å². The lowest BCUT2D eigenvalue weighted by Crippen LogP contribution is -2.29. The van der Waals surface area contributed by atoms with Gasteiger partial charge in [0.2, 0.25) is 5.95 Å². The van der Waals surface area contributed by atoms with Crippen LogP contribution in [0.5, 0.6) is 0 Å². The molecule has 0 radical (unpaired) electrons. The van der Waals surface area contributed by atoms with Gasteiger partial charge in [-0.3, -0.25) is 9.36 Å². The first kappa shape index (κ1) is 30.0. The van der Waals surface area contributed by atoms with Crippen LogP contribution < -0.4 is 10.6 Å². The molecule has 2 heterocycles. The van der Waals surface area contributed by atoms with Crippen LogP contribution >= 0.6 is 7.60 Å². The maximum atomic E-state index is 14.0. The first-order chi connectivity index (χ1) is 19.6. The third-order valence-electron chi connectivity index (χ3n) is 7.75. The highest BCUT2D eigenvalue weighted by molar-refractivity contribution is 7.50. The molecule has 0 saturated heterocycles. The van der Waals surface area contributed by atoms with Crippen molar-refractivity contribution < 1.29 is 37.4 Å². The first-order valence-electron chi connectivity index (χ1n) is 13.3. The number of hydrogen-bond acceptors (Lipinski definition) is 7. The monoisotopic (exact) mass is 605 g/mol. The lowest BCUT2D eigenvalue weighted by molar-refractivity contribution is -0.137. The summed E-state index contributed by atoms with van der Waals surface area (Å²) in [5.41, 5.74) is 1.15. The molecule has 1 saturated carbocycles. The number of hydrogen-bond donors (Lipinski definition) is 5. The first-order valence-corrected chi connectivity index (χ1v) is 15.1. The predicted octanol–water partition coefficient (Wildman–Crippen LogP) is 5.65. The molecule has 1 fully saturated rings. The van der Waals surface area contributed by atoms with Crippen LogP contribution in [0.1, 0.15) is 71.1 Å². The van der Waals surface area contributed by atoms with Gasteiger partial charge in [0.1, 0.15) is 11.4 Å². The molecule has 2 aromatic carbocycles. The third kappa shape index (κ3) is 6.59. The standard InChI is InChI=1S/C28H31F3N5O5P/c1-27(38)11-9-17(10-12-27)19-7-8-22(23-20(19)14-36(2)25(23)37)34-24-21(28(29,30)31)13-32-26(35-24)33-18-5-3-16(4-6-18)15-42(39,40)41/h3-8,13,17,38H,9-12,14-15H2,1-2H3,(H2,39,40,41)(H2,32,33,34,35)/t17-,27-. The van der Waals surface area contributed by atoms with Crippen molar-refractivity contribution in [1.29, 1.82) is 0 Å². The van der Waals surface area contributed by atoms with E-state index in [0.717, 1.165) is 24.0 Å². The van der Waals surface area contributed by atoms with Crippen molar-refractivity contribution in [2.75, 3.05) is 17.7 Å². The number of anilines is 4. The molecule has 0 spiro atoms. The van der Waals surface area contributed by atoms with Gasteiger partial charge in [-0.15, -0.1) is 0 Å². The number of halogens is 3. The summed E-state index contributed by atoms with van der Waals surface area (Å²) in [6.45, 7) is 2.13. The molecule has 10 nitrogen and oxygen atoms in total. The second-order valence-corrected chi connectivity index (χ2v) is 12.9. The second-order valence-electron chi connectivity index (χ2n) is 11.2. The number of carbonyl (C=O) groups is 1. The Hall–Kier alpha value is -3.51. The van der Waals surface area contributed by atoms with E-state index >= 15 is 0 Å². The molecule has 3 aromatic rings.